The third-order valence-corrected chi connectivity index (χ3v) is 5.03. The minimum Gasteiger partial charge on any atom is -0.501 e. The van der Waals surface area contributed by atoms with E-state index in [4.69, 9.17) is 0 Å². The van der Waals surface area contributed by atoms with Gasteiger partial charge in [0.25, 0.3) is 5.56 Å². The third kappa shape index (κ3) is 2.52. The fourth-order valence-corrected chi connectivity index (χ4v) is 4.17. The standard InChI is InChI=1S/C16H22N2O5/c1-15(22)8-16(6-4-3-5-7-16)14-17-10(13(21)23-2)11(19)12(20)18(14)9-15/h19,22H,3-9H2,1-2H3. The summed E-state index contributed by atoms with van der Waals surface area (Å²) in [5.74, 6) is -1.05. The van der Waals surface area contributed by atoms with Gasteiger partial charge < -0.3 is 14.9 Å². The Balaban J connectivity index is 2.25. The average molecular weight is 322 g/mol. The minimum absolute atomic E-state index is 0.0604. The molecule has 1 saturated carbocycles. The summed E-state index contributed by atoms with van der Waals surface area (Å²) in [5.41, 5.74) is -2.51. The van der Waals surface area contributed by atoms with Gasteiger partial charge in [-0.1, -0.05) is 19.3 Å². The zero-order valence-electron chi connectivity index (χ0n) is 13.5. The average Bonchev–Trinajstić information content (AvgIpc) is 2.50. The van der Waals surface area contributed by atoms with Crippen molar-refractivity contribution < 1.29 is 19.7 Å². The van der Waals surface area contributed by atoms with E-state index in [0.29, 0.717) is 12.2 Å². The molecule has 1 spiro atoms. The molecule has 126 valence electrons. The Morgan fingerprint density at radius 1 is 1.30 bits per heavy atom. The molecule has 1 fully saturated rings. The van der Waals surface area contributed by atoms with Gasteiger partial charge in [-0.05, 0) is 26.2 Å². The highest BCUT2D eigenvalue weighted by molar-refractivity contribution is 5.89. The van der Waals surface area contributed by atoms with Crippen molar-refractivity contribution in [1.29, 1.82) is 0 Å². The number of aromatic hydroxyl groups is 1. The molecule has 0 bridgehead atoms. The Kier molecular flexibility index (Phi) is 3.71. The lowest BCUT2D eigenvalue weighted by Crippen LogP contribution is -2.52. The van der Waals surface area contributed by atoms with Crippen molar-refractivity contribution in [2.75, 3.05) is 7.11 Å². The van der Waals surface area contributed by atoms with Crippen LogP contribution in [-0.4, -0.2) is 38.4 Å². The van der Waals surface area contributed by atoms with E-state index in [1.807, 2.05) is 0 Å². The van der Waals surface area contributed by atoms with E-state index in [2.05, 4.69) is 9.72 Å². The van der Waals surface area contributed by atoms with Gasteiger partial charge in [0.15, 0.2) is 5.69 Å². The SMILES string of the molecule is COC(=O)c1nc2n(c(=O)c1O)CC(C)(O)CC21CCCCC1. The molecule has 1 aromatic heterocycles. The fourth-order valence-electron chi connectivity index (χ4n) is 4.17. The Hall–Kier alpha value is -1.89. The number of ether oxygens (including phenoxy) is 1. The molecule has 2 aliphatic rings. The molecule has 2 N–H and O–H groups in total. The second kappa shape index (κ2) is 5.33. The number of nitrogens with zero attached hydrogens (tertiary/aromatic N) is 2. The van der Waals surface area contributed by atoms with Crippen molar-refractivity contribution in [2.24, 2.45) is 0 Å². The van der Waals surface area contributed by atoms with Gasteiger partial charge in [-0.3, -0.25) is 9.36 Å². The van der Waals surface area contributed by atoms with Crippen LogP contribution in [0.15, 0.2) is 4.79 Å². The quantitative estimate of drug-likeness (QED) is 0.751. The maximum Gasteiger partial charge on any atom is 0.360 e. The number of fused-ring (bicyclic) bond motifs is 2. The largest absolute Gasteiger partial charge is 0.501 e. The first-order chi connectivity index (χ1) is 10.8. The van der Waals surface area contributed by atoms with E-state index in [0.717, 1.165) is 32.1 Å². The van der Waals surface area contributed by atoms with Crippen molar-refractivity contribution in [2.45, 2.75) is 63.0 Å². The Morgan fingerprint density at radius 2 is 1.96 bits per heavy atom. The number of carbonyl (C=O) groups excluding carboxylic acids is 1. The monoisotopic (exact) mass is 322 g/mol. The minimum atomic E-state index is -1.05. The first kappa shape index (κ1) is 16.0. The van der Waals surface area contributed by atoms with Crippen molar-refractivity contribution >= 4 is 5.97 Å². The molecule has 1 aromatic rings. The first-order valence-electron chi connectivity index (χ1n) is 7.95. The lowest BCUT2D eigenvalue weighted by molar-refractivity contribution is -0.0226. The molecule has 7 heteroatoms. The predicted molar refractivity (Wildman–Crippen MR) is 81.5 cm³/mol. The third-order valence-electron chi connectivity index (χ3n) is 5.03. The normalized spacial score (nSPS) is 25.9. The fraction of sp³-hybridized carbons (Fsp3) is 0.688. The number of methoxy groups -OCH3 is 1. The second-order valence-electron chi connectivity index (χ2n) is 7.03. The van der Waals surface area contributed by atoms with Crippen LogP contribution in [0.4, 0.5) is 0 Å². The number of esters is 1. The van der Waals surface area contributed by atoms with Crippen LogP contribution in [0, 0.1) is 0 Å². The number of hydrogen-bond donors (Lipinski definition) is 2. The molecule has 3 rings (SSSR count). The van der Waals surface area contributed by atoms with Gasteiger partial charge in [0.1, 0.15) is 5.82 Å². The van der Waals surface area contributed by atoms with E-state index in [9.17, 15) is 19.8 Å². The smallest absolute Gasteiger partial charge is 0.360 e. The van der Waals surface area contributed by atoms with E-state index >= 15 is 0 Å². The molecule has 2 heterocycles. The molecule has 1 aliphatic carbocycles. The maximum absolute atomic E-state index is 12.5. The maximum atomic E-state index is 12.5. The number of carbonyl (C=O) groups is 1. The summed E-state index contributed by atoms with van der Waals surface area (Å²) in [6.45, 7) is 1.76. The van der Waals surface area contributed by atoms with E-state index in [-0.39, 0.29) is 12.2 Å². The van der Waals surface area contributed by atoms with Gasteiger partial charge in [0.05, 0.1) is 19.3 Å². The van der Waals surface area contributed by atoms with E-state index in [1.54, 1.807) is 6.92 Å². The number of aliphatic hydroxyl groups is 1. The highest BCUT2D eigenvalue weighted by Gasteiger charge is 2.48. The number of hydrogen-bond acceptors (Lipinski definition) is 6. The van der Waals surface area contributed by atoms with Crippen molar-refractivity contribution in [1.82, 2.24) is 9.55 Å². The highest BCUT2D eigenvalue weighted by Crippen LogP contribution is 2.47. The Labute approximate surface area is 133 Å². The van der Waals surface area contributed by atoms with Crippen LogP contribution in [0.2, 0.25) is 0 Å². The summed E-state index contributed by atoms with van der Waals surface area (Å²) in [6.07, 6.45) is 5.19. The zero-order chi connectivity index (χ0) is 16.8. The van der Waals surface area contributed by atoms with Crippen LogP contribution in [0.1, 0.15) is 61.8 Å². The summed E-state index contributed by atoms with van der Waals surface area (Å²) in [4.78, 5) is 28.7. The Bertz CT molecular complexity index is 701. The van der Waals surface area contributed by atoms with Crippen LogP contribution in [-0.2, 0) is 16.7 Å². The topological polar surface area (TPSA) is 102 Å². The van der Waals surface area contributed by atoms with Crippen LogP contribution in [0.3, 0.4) is 0 Å². The van der Waals surface area contributed by atoms with E-state index in [1.165, 1.54) is 11.7 Å². The lowest BCUT2D eigenvalue weighted by Gasteiger charge is -2.46. The van der Waals surface area contributed by atoms with Gasteiger partial charge in [0.2, 0.25) is 5.75 Å². The summed E-state index contributed by atoms with van der Waals surface area (Å²) in [5, 5.41) is 20.7. The van der Waals surface area contributed by atoms with E-state index < -0.39 is 28.3 Å². The van der Waals surface area contributed by atoms with Crippen LogP contribution in [0.25, 0.3) is 0 Å². The molecule has 0 saturated heterocycles. The second-order valence-corrected chi connectivity index (χ2v) is 7.03. The molecule has 7 nitrogen and oxygen atoms in total. The highest BCUT2D eigenvalue weighted by atomic mass is 16.5. The molecule has 1 atom stereocenters. The lowest BCUT2D eigenvalue weighted by atomic mass is 9.65. The molecule has 0 radical (unpaired) electrons. The number of aromatic nitrogens is 2. The summed E-state index contributed by atoms with van der Waals surface area (Å²) in [6, 6.07) is 0. The van der Waals surface area contributed by atoms with Gasteiger partial charge in [0, 0.05) is 5.41 Å². The Morgan fingerprint density at radius 3 is 2.57 bits per heavy atom. The molecular weight excluding hydrogens is 300 g/mol. The molecule has 1 aliphatic heterocycles. The predicted octanol–water partition coefficient (Wildman–Crippen LogP) is 1.09. The summed E-state index contributed by atoms with van der Waals surface area (Å²) < 4.78 is 5.95. The summed E-state index contributed by atoms with van der Waals surface area (Å²) >= 11 is 0. The first-order valence-corrected chi connectivity index (χ1v) is 7.95. The van der Waals surface area contributed by atoms with Gasteiger partial charge >= 0.3 is 5.97 Å². The zero-order valence-corrected chi connectivity index (χ0v) is 13.5. The molecule has 1 unspecified atom stereocenters. The van der Waals surface area contributed by atoms with Gasteiger partial charge in [-0.25, -0.2) is 9.78 Å². The van der Waals surface area contributed by atoms with Crippen molar-refractivity contribution in [3.05, 3.63) is 21.9 Å². The van der Waals surface area contributed by atoms with Crippen molar-refractivity contribution in [3.63, 3.8) is 0 Å². The molecule has 23 heavy (non-hydrogen) atoms. The van der Waals surface area contributed by atoms with Crippen LogP contribution >= 0.6 is 0 Å². The van der Waals surface area contributed by atoms with Crippen LogP contribution in [0.5, 0.6) is 5.75 Å². The summed E-state index contributed by atoms with van der Waals surface area (Å²) in [7, 11) is 1.18. The molecule has 0 amide bonds. The molecule has 0 aromatic carbocycles. The molecular formula is C16H22N2O5. The number of rotatable bonds is 1. The van der Waals surface area contributed by atoms with Gasteiger partial charge in [-0.15, -0.1) is 0 Å². The van der Waals surface area contributed by atoms with Crippen LogP contribution < -0.4 is 5.56 Å². The van der Waals surface area contributed by atoms with Gasteiger partial charge in [-0.2, -0.15) is 0 Å². The van der Waals surface area contributed by atoms with Crippen molar-refractivity contribution in [3.8, 4) is 5.75 Å².